The predicted molar refractivity (Wildman–Crippen MR) is 367 cm³/mol. The van der Waals surface area contributed by atoms with Crippen LogP contribution in [-0.4, -0.2) is 168 Å². The number of thioether (sulfide) groups is 2. The van der Waals surface area contributed by atoms with Gasteiger partial charge >= 0.3 is 5.97 Å². The first-order valence-electron chi connectivity index (χ1n) is 32.4. The van der Waals surface area contributed by atoms with E-state index in [-0.39, 0.29) is 61.1 Å². The molecule has 27 nitrogen and oxygen atoms in total. The molecule has 9 amide bonds. The van der Waals surface area contributed by atoms with Crippen LogP contribution in [0.15, 0.2) is 110 Å². The number of carbonyl (C=O) groups is 10. The van der Waals surface area contributed by atoms with E-state index >= 15 is 9.59 Å². The number of primary amides is 1. The molecule has 526 valence electrons. The van der Waals surface area contributed by atoms with E-state index in [0.717, 1.165) is 11.1 Å². The van der Waals surface area contributed by atoms with Gasteiger partial charge in [-0.1, -0.05) is 36.4 Å². The third-order valence-electron chi connectivity index (χ3n) is 17.3. The molecule has 2 aliphatic rings. The number of unbranched alkanes of at least 4 members (excludes halogenated alkanes) is 1. The number of hydrogen-bond donors (Lipinski definition) is 16. The molecule has 1 fully saturated rings. The zero-order chi connectivity index (χ0) is 70.6. The average molecular weight is 1400 g/mol. The van der Waals surface area contributed by atoms with Crippen LogP contribution >= 0.6 is 23.5 Å². The van der Waals surface area contributed by atoms with Gasteiger partial charge in [0, 0.05) is 108 Å². The van der Waals surface area contributed by atoms with E-state index in [1.54, 1.807) is 12.1 Å². The van der Waals surface area contributed by atoms with Gasteiger partial charge in [-0.25, -0.2) is 13.8 Å². The molecule has 4 heterocycles. The summed E-state index contributed by atoms with van der Waals surface area (Å²) in [6.07, 6.45) is 6.05. The molecule has 2 bridgehead atoms. The Hall–Kier alpha value is -9.85. The van der Waals surface area contributed by atoms with Gasteiger partial charge in [-0.2, -0.15) is 23.5 Å². The zero-order valence-corrected chi connectivity index (χ0v) is 55.7. The second kappa shape index (κ2) is 35.1. The maximum Gasteiger partial charge on any atom is 0.305 e. The number of halogens is 2. The minimum Gasteiger partial charge on any atom is -0.508 e. The van der Waals surface area contributed by atoms with Gasteiger partial charge in [0.1, 0.15) is 53.6 Å². The van der Waals surface area contributed by atoms with Crippen molar-refractivity contribution in [2.75, 3.05) is 31.1 Å². The van der Waals surface area contributed by atoms with Gasteiger partial charge in [0.05, 0.1) is 30.9 Å². The summed E-state index contributed by atoms with van der Waals surface area (Å²) in [7, 11) is 0. The fourth-order valence-corrected chi connectivity index (χ4v) is 13.7. The highest BCUT2D eigenvalue weighted by molar-refractivity contribution is 7.98. The fraction of sp³-hybridized carbons (Fsp3) is 0.397. The lowest BCUT2D eigenvalue weighted by atomic mass is 9.76. The molecule has 0 radical (unpaired) electrons. The second-order valence-electron chi connectivity index (χ2n) is 24.7. The van der Waals surface area contributed by atoms with Gasteiger partial charge in [0.2, 0.25) is 53.2 Å². The highest BCUT2D eigenvalue weighted by atomic mass is 32.2. The summed E-state index contributed by atoms with van der Waals surface area (Å²) in [5, 5.41) is 45.8. The maximum atomic E-state index is 15.0. The first-order chi connectivity index (χ1) is 47.6. The summed E-state index contributed by atoms with van der Waals surface area (Å²) in [4.78, 5) is 155. The van der Waals surface area contributed by atoms with E-state index in [0.29, 0.717) is 89.1 Å². The summed E-state index contributed by atoms with van der Waals surface area (Å²) in [5.41, 5.74) is 15.0. The number of carbonyl (C=O) groups excluding carboxylic acids is 9. The number of carboxylic acid groups (broad SMARTS) is 1. The number of hydrogen-bond acceptors (Lipinski definition) is 16. The minimum atomic E-state index is -2.01. The van der Waals surface area contributed by atoms with E-state index in [1.165, 1.54) is 97.0 Å². The van der Waals surface area contributed by atoms with E-state index in [9.17, 15) is 57.4 Å². The number of amides is 9. The van der Waals surface area contributed by atoms with Crippen molar-refractivity contribution in [2.45, 2.75) is 136 Å². The Kier molecular flexibility index (Phi) is 26.0. The number of phenolic OH excluding ortho intramolecular Hbond substituents is 1. The number of phenols is 1. The number of fused-ring (bicyclic) bond motifs is 4. The van der Waals surface area contributed by atoms with Crippen molar-refractivity contribution in [1.82, 2.24) is 67.8 Å². The van der Waals surface area contributed by atoms with Gasteiger partial charge in [0.25, 0.3) is 0 Å². The topological polar surface area (TPSA) is 432 Å². The molecule has 3 aromatic heterocycles. The summed E-state index contributed by atoms with van der Waals surface area (Å²) in [5.74, 6) is -8.93. The fourth-order valence-electron chi connectivity index (χ4n) is 11.8. The average Bonchev–Trinajstić information content (AvgIpc) is 1.81. The van der Waals surface area contributed by atoms with Crippen molar-refractivity contribution in [3.63, 3.8) is 0 Å². The lowest BCUT2D eigenvalue weighted by Crippen LogP contribution is -2.65. The van der Waals surface area contributed by atoms with Gasteiger partial charge in [-0.15, -0.1) is 0 Å². The number of nitrogens with one attached hydrogen (secondary N) is 12. The number of nitrogens with two attached hydrogens (primary N) is 2. The van der Waals surface area contributed by atoms with Crippen molar-refractivity contribution < 1.29 is 66.9 Å². The van der Waals surface area contributed by atoms with Crippen LogP contribution in [0, 0.1) is 11.6 Å². The monoisotopic (exact) mass is 1400 g/mol. The molecule has 1 spiro atoms. The molecule has 9 rings (SSSR count). The number of benzene rings is 4. The molecule has 0 unspecified atom stereocenters. The van der Waals surface area contributed by atoms with E-state index in [1.807, 2.05) is 24.3 Å². The Bertz CT molecular complexity index is 4020. The molecule has 18 N–H and O–H groups in total. The van der Waals surface area contributed by atoms with E-state index in [2.05, 4.69) is 67.8 Å². The second-order valence-corrected chi connectivity index (χ2v) is 26.9. The molecule has 4 aromatic carbocycles. The number of H-pyrrole nitrogens is 3. The lowest BCUT2D eigenvalue weighted by Gasteiger charge is -2.44. The standard InChI is InChI=1S/C68H81F2N15O12S2/c69-43-10-14-49-47(25-43)41(29-74-49)23-53-63(93)82-54(24-42-30-75-50-15-11-44(70)26-48(42)50)64(94)84-56(28-60(89)90)66(96)83-55(27-45-31-73-37-78-45)65(95)81-52(22-38-8-12-46(86)13-9-38)67(97)85-68(17-4-18-68)36-77-57(61(72)91)35-99-34-40-6-3-5-39(21-40)33-98-20-16-58(87)79-51(7-1-2-19-71)62(92)76-32-59(88)80-53/h3,5-6,8-15,21,25-26,29-31,37,51-57,74-75,77,86H,1-2,4,7,16-20,22-24,27-28,32-36,71H2,(H2,72,91)(H,73,78)(H,76,92)(H,79,87)(H,80,88)(H,81,95)(H,82,93)(H,83,96)(H,84,94)(H,85,97)(H,89,90)/t51-,52-,53-,54-,55-,56-,57-/m0/s1. The minimum absolute atomic E-state index is 0.0378. The van der Waals surface area contributed by atoms with Gasteiger partial charge < -0.3 is 84.5 Å². The maximum absolute atomic E-state index is 15.0. The Labute approximate surface area is 576 Å². The molecular weight excluding hydrogens is 1320 g/mol. The van der Waals surface area contributed by atoms with Crippen molar-refractivity contribution in [2.24, 2.45) is 11.5 Å². The summed E-state index contributed by atoms with van der Waals surface area (Å²) >= 11 is 2.97. The SMILES string of the molecule is NCCCC[C@@H]1NC(=O)CCSCc2cccc(c2)CSC[C@@H](C(N)=O)NCC2(CCC2)NC(=O)[C@H](Cc2ccc(O)cc2)NC(=O)[C@H](Cc2cnc[nH]2)NC(=O)[C@H](CC(=O)O)NC(=O)[C@H](Cc2c[nH]c3ccc(F)cc23)NC(=O)[C@H](Cc2c[nH]c3ccc(F)cc23)NC(=O)CNC1=O. The van der Waals surface area contributed by atoms with Crippen molar-refractivity contribution in [1.29, 1.82) is 0 Å². The summed E-state index contributed by atoms with van der Waals surface area (Å²) in [6, 6.07) is 11.1. The Morgan fingerprint density at radius 2 is 1.20 bits per heavy atom. The van der Waals surface area contributed by atoms with Crippen LogP contribution < -0.4 is 59.3 Å². The third-order valence-corrected chi connectivity index (χ3v) is 19.4. The highest BCUT2D eigenvalue weighted by Gasteiger charge is 2.42. The van der Waals surface area contributed by atoms with Crippen LogP contribution in [0.4, 0.5) is 8.78 Å². The van der Waals surface area contributed by atoms with Crippen molar-refractivity contribution in [3.8, 4) is 5.75 Å². The number of aromatic amines is 3. The van der Waals surface area contributed by atoms with Crippen LogP contribution in [0.5, 0.6) is 5.75 Å². The Morgan fingerprint density at radius 1 is 0.626 bits per heavy atom. The number of imidazole rings is 1. The number of aromatic hydroxyl groups is 1. The van der Waals surface area contributed by atoms with E-state index in [4.69, 9.17) is 11.5 Å². The summed E-state index contributed by atoms with van der Waals surface area (Å²) in [6.45, 7) is -0.306. The van der Waals surface area contributed by atoms with Gasteiger partial charge in [0.15, 0.2) is 0 Å². The van der Waals surface area contributed by atoms with Crippen LogP contribution in [0.1, 0.15) is 84.9 Å². The Morgan fingerprint density at radius 3 is 1.78 bits per heavy atom. The molecule has 1 aliphatic carbocycles. The van der Waals surface area contributed by atoms with Crippen molar-refractivity contribution >= 4 is 104 Å². The third kappa shape index (κ3) is 21.3. The Balaban J connectivity index is 1.04. The smallest absolute Gasteiger partial charge is 0.305 e. The normalized spacial score (nSPS) is 21.9. The molecular formula is C68H81F2N15O12S2. The number of nitrogens with zero attached hydrogens (tertiary/aromatic N) is 1. The number of carboxylic acids is 1. The van der Waals surface area contributed by atoms with Gasteiger partial charge in [-0.05, 0) is 121 Å². The number of aliphatic carboxylic acids is 1. The number of rotatable bonds is 15. The molecule has 0 saturated heterocycles. The first-order valence-corrected chi connectivity index (χ1v) is 34.7. The molecule has 7 atom stereocenters. The molecule has 99 heavy (non-hydrogen) atoms. The van der Waals surface area contributed by atoms with Crippen LogP contribution in [-0.2, 0) is 85.1 Å². The van der Waals surface area contributed by atoms with Crippen LogP contribution in [0.25, 0.3) is 21.8 Å². The zero-order valence-electron chi connectivity index (χ0n) is 54.0. The van der Waals surface area contributed by atoms with Gasteiger partial charge in [-0.3, -0.25) is 47.9 Å². The first kappa shape index (κ1) is 73.4. The predicted octanol–water partition coefficient (Wildman–Crippen LogP) is 2.31. The quantitative estimate of drug-likeness (QED) is 0.0655. The molecule has 1 aliphatic heterocycles. The molecule has 7 aromatic rings. The number of aromatic nitrogens is 4. The van der Waals surface area contributed by atoms with Crippen LogP contribution in [0.2, 0.25) is 0 Å². The largest absolute Gasteiger partial charge is 0.508 e. The van der Waals surface area contributed by atoms with E-state index < -0.39 is 138 Å². The highest BCUT2D eigenvalue weighted by Crippen LogP contribution is 2.32. The summed E-state index contributed by atoms with van der Waals surface area (Å²) < 4.78 is 29.8. The van der Waals surface area contributed by atoms with Crippen LogP contribution in [0.3, 0.4) is 0 Å². The van der Waals surface area contributed by atoms with Crippen molar-refractivity contribution in [3.05, 3.63) is 155 Å². The molecule has 1 saturated carbocycles. The molecule has 31 heteroatoms. The lowest BCUT2D eigenvalue weighted by molar-refractivity contribution is -0.141.